The van der Waals surface area contributed by atoms with Gasteiger partial charge in [0.2, 0.25) is 0 Å². The molecule has 0 aromatic rings. The molecular formula is AsSe3-3. The van der Waals surface area contributed by atoms with Crippen molar-refractivity contribution in [1.82, 2.24) is 0 Å². The van der Waals surface area contributed by atoms with Crippen molar-refractivity contribution < 1.29 is 0 Å². The Morgan fingerprint density at radius 1 is 1.00 bits per heavy atom. The summed E-state index contributed by atoms with van der Waals surface area (Å²) in [7, 11) is -0.562. The quantitative estimate of drug-likeness (QED) is 0.477. The molecule has 4 heteroatoms. The zero-order valence-corrected chi connectivity index (χ0v) is 8.69. The summed E-state index contributed by atoms with van der Waals surface area (Å²) in [4.78, 5) is 0. The third kappa shape index (κ3) is 8.93. The summed E-state index contributed by atoms with van der Waals surface area (Å²) in [6.45, 7) is 0. The Bertz CT molecular complexity index is 8.00. The van der Waals surface area contributed by atoms with Crippen LogP contribution in [0, 0.1) is 0 Å². The van der Waals surface area contributed by atoms with E-state index in [0.29, 0.717) is 0 Å². The predicted molar refractivity (Wildman–Crippen MR) is 23.0 cm³/mol. The molecule has 0 rings (SSSR count). The summed E-state index contributed by atoms with van der Waals surface area (Å²) in [6, 6.07) is 0. The van der Waals surface area contributed by atoms with E-state index in [1.807, 2.05) is 0 Å². The van der Waals surface area contributed by atoms with Gasteiger partial charge in [0.05, 0.1) is 0 Å². The van der Waals surface area contributed by atoms with Crippen LogP contribution in [0.25, 0.3) is 0 Å². The van der Waals surface area contributed by atoms with Crippen LogP contribution in [0.3, 0.4) is 0 Å². The molecule has 0 saturated carbocycles. The molecule has 0 saturated heterocycles. The van der Waals surface area contributed by atoms with E-state index in [0.717, 1.165) is 0 Å². The van der Waals surface area contributed by atoms with Gasteiger partial charge in [-0.2, -0.15) is 0 Å². The molecule has 0 fully saturated rings. The topological polar surface area (TPSA) is 0 Å². The van der Waals surface area contributed by atoms with Gasteiger partial charge in [-0.25, -0.2) is 0 Å². The molecule has 0 unspecified atom stereocenters. The maximum absolute atomic E-state index is 2.94. The van der Waals surface area contributed by atoms with Crippen LogP contribution >= 0.6 is 0 Å². The average Bonchev–Trinajstić information content (AvgIpc) is 0.811. The SMILES string of the molecule is [Se-][As]([Se-])[Se-]. The third-order valence-electron chi connectivity index (χ3n) is 0. The van der Waals surface area contributed by atoms with Crippen molar-refractivity contribution in [2.24, 2.45) is 0 Å². The summed E-state index contributed by atoms with van der Waals surface area (Å²) in [6.07, 6.45) is 0. The van der Waals surface area contributed by atoms with Crippen molar-refractivity contribution in [2.75, 3.05) is 0 Å². The average molecular weight is 312 g/mol. The molecule has 0 bridgehead atoms. The second-order valence-electron chi connectivity index (χ2n) is 0.224. The Morgan fingerprint density at radius 2 is 1.00 bits per heavy atom. The minimum atomic E-state index is -0.562. The van der Waals surface area contributed by atoms with Crippen LogP contribution in [0.5, 0.6) is 0 Å². The van der Waals surface area contributed by atoms with E-state index in [1.54, 1.807) is 0 Å². The zero-order valence-electron chi connectivity index (χ0n) is 1.67. The first-order chi connectivity index (χ1) is 1.73. The summed E-state index contributed by atoms with van der Waals surface area (Å²) in [5.74, 6) is 0. The van der Waals surface area contributed by atoms with Crippen molar-refractivity contribution in [3.8, 4) is 0 Å². The number of hydrogen-bond acceptors (Lipinski definition) is 0. The monoisotopic (exact) mass is 315 g/mol. The Balaban J connectivity index is 2.32. The normalized spacial score (nSPS) is 9.00. The van der Waals surface area contributed by atoms with E-state index in [4.69, 9.17) is 0 Å². The van der Waals surface area contributed by atoms with Crippen LogP contribution in [0.2, 0.25) is 0 Å². The Labute approximate surface area is 50.5 Å². The Morgan fingerprint density at radius 3 is 1.00 bits per heavy atom. The molecule has 0 spiro atoms. The van der Waals surface area contributed by atoms with Crippen molar-refractivity contribution >= 4 is 51.0 Å². The van der Waals surface area contributed by atoms with Gasteiger partial charge in [0.1, 0.15) is 0 Å². The zero-order chi connectivity index (χ0) is 3.58. The van der Waals surface area contributed by atoms with Crippen molar-refractivity contribution in [3.63, 3.8) is 0 Å². The molecule has 0 nitrogen and oxygen atoms in total. The van der Waals surface area contributed by atoms with Crippen molar-refractivity contribution in [1.29, 1.82) is 0 Å². The molecule has 0 aliphatic rings. The van der Waals surface area contributed by atoms with Gasteiger partial charge in [0.15, 0.2) is 0 Å². The van der Waals surface area contributed by atoms with E-state index < -0.39 is 9.00 Å². The van der Waals surface area contributed by atoms with Gasteiger partial charge < -0.3 is 0 Å². The summed E-state index contributed by atoms with van der Waals surface area (Å²) < 4.78 is 0. The second kappa shape index (κ2) is 3.31. The summed E-state index contributed by atoms with van der Waals surface area (Å²) in [5.41, 5.74) is 0. The van der Waals surface area contributed by atoms with Crippen molar-refractivity contribution in [2.45, 2.75) is 0 Å². The van der Waals surface area contributed by atoms with Crippen LogP contribution in [0.15, 0.2) is 0 Å². The van der Waals surface area contributed by atoms with Crippen molar-refractivity contribution in [3.05, 3.63) is 0 Å². The fourth-order valence-electron chi connectivity index (χ4n) is 0. The number of rotatable bonds is 0. The molecule has 0 aliphatic heterocycles. The van der Waals surface area contributed by atoms with Gasteiger partial charge in [-0.3, -0.25) is 0 Å². The minimum absolute atomic E-state index is 0.562. The van der Waals surface area contributed by atoms with E-state index in [-0.39, 0.29) is 0 Å². The van der Waals surface area contributed by atoms with E-state index in [2.05, 4.69) is 42.0 Å². The summed E-state index contributed by atoms with van der Waals surface area (Å²) >= 11 is 8.81. The molecule has 0 aromatic carbocycles. The van der Waals surface area contributed by atoms with Gasteiger partial charge in [-0.15, -0.1) is 0 Å². The standard InChI is InChI=1S/AsSe3/c2-1(3)4/q-3. The molecule has 0 heterocycles. The first-order valence-electron chi connectivity index (χ1n) is 0.548. The molecule has 4 heavy (non-hydrogen) atoms. The Kier molecular flexibility index (Phi) is 5.07. The molecule has 0 aromatic heterocycles. The third-order valence-corrected chi connectivity index (χ3v) is 0. The maximum atomic E-state index is 2.94. The summed E-state index contributed by atoms with van der Waals surface area (Å²) in [5, 5.41) is 0. The van der Waals surface area contributed by atoms with Crippen LogP contribution in [-0.2, 0) is 0 Å². The molecule has 26 valence electrons. The van der Waals surface area contributed by atoms with Crippen LogP contribution in [-0.4, -0.2) is 51.0 Å². The Hall–Kier alpha value is 2.12. The van der Waals surface area contributed by atoms with Gasteiger partial charge in [-0.05, 0) is 0 Å². The molecule has 0 N–H and O–H groups in total. The molecule has 0 amide bonds. The number of hydrogen-bond donors (Lipinski definition) is 0. The molecule has 0 radical (unpaired) electrons. The van der Waals surface area contributed by atoms with Crippen LogP contribution in [0.4, 0.5) is 0 Å². The van der Waals surface area contributed by atoms with Gasteiger partial charge in [-0.1, -0.05) is 0 Å². The van der Waals surface area contributed by atoms with Gasteiger partial charge >= 0.3 is 51.0 Å². The van der Waals surface area contributed by atoms with E-state index in [1.165, 1.54) is 0 Å². The molecule has 0 atom stereocenters. The van der Waals surface area contributed by atoms with Gasteiger partial charge in [0.25, 0.3) is 0 Å². The molecule has 0 aliphatic carbocycles. The molecular weight excluding hydrogens is 312 g/mol. The van der Waals surface area contributed by atoms with E-state index >= 15 is 0 Å². The first-order valence-corrected chi connectivity index (χ1v) is 14.8. The fraction of sp³-hybridized carbons (Fsp3) is 0. The van der Waals surface area contributed by atoms with Crippen LogP contribution < -0.4 is 0 Å². The van der Waals surface area contributed by atoms with E-state index in [9.17, 15) is 0 Å². The van der Waals surface area contributed by atoms with Crippen LogP contribution in [0.1, 0.15) is 0 Å². The van der Waals surface area contributed by atoms with Gasteiger partial charge in [0, 0.05) is 0 Å². The fourth-order valence-corrected chi connectivity index (χ4v) is 0. The first kappa shape index (κ1) is 6.12. The second-order valence-corrected chi connectivity index (χ2v) is 31.4. The predicted octanol–water partition coefficient (Wildman–Crippen LogP) is -1.52.